The molecule has 3 aliphatic rings. The van der Waals surface area contributed by atoms with Crippen LogP contribution in [0.15, 0.2) is 57.3 Å². The van der Waals surface area contributed by atoms with Crippen LogP contribution < -0.4 is 9.64 Å². The van der Waals surface area contributed by atoms with Gasteiger partial charge >= 0.3 is 0 Å². The summed E-state index contributed by atoms with van der Waals surface area (Å²) in [5, 5.41) is 0.650. The van der Waals surface area contributed by atoms with Gasteiger partial charge in [0.1, 0.15) is 11.2 Å². The minimum atomic E-state index is -4.18. The molecule has 1 unspecified atom stereocenters. The van der Waals surface area contributed by atoms with E-state index >= 15 is 4.39 Å². The summed E-state index contributed by atoms with van der Waals surface area (Å²) < 4.78 is 62.7. The van der Waals surface area contributed by atoms with Gasteiger partial charge in [-0.2, -0.15) is 0 Å². The largest absolute Gasteiger partial charge is 0.612 e. The summed E-state index contributed by atoms with van der Waals surface area (Å²) in [5.41, 5.74) is 1.20. The molecule has 1 aromatic heterocycles. The number of rotatable bonds is 18. The van der Waals surface area contributed by atoms with Crippen LogP contribution in [-0.2, 0) is 21.0 Å². The number of pyridine rings is 1. The number of likely N-dealkylation sites (N-methyl/N-ethyl adjacent to an activating group) is 1. The first-order chi connectivity index (χ1) is 26.7. The molecule has 9 nitrogen and oxygen atoms in total. The SMILES string of the molecule is CCCCCCCCCCCCOc1ccc(S(=O)(=O)c2cnc3ccc([S+](C)[O-])cc3c2N2CCC(N3CCC(N4CCN(C)CC4)CC3)CC2)cc1F. The van der Waals surface area contributed by atoms with Gasteiger partial charge in [0.2, 0.25) is 9.84 Å². The molecule has 3 saturated heterocycles. The summed E-state index contributed by atoms with van der Waals surface area (Å²) in [6.45, 7) is 10.8. The van der Waals surface area contributed by atoms with Crippen molar-refractivity contribution in [1.82, 2.24) is 19.7 Å². The highest BCUT2D eigenvalue weighted by atomic mass is 32.2. The second-order valence-electron chi connectivity index (χ2n) is 16.1. The highest BCUT2D eigenvalue weighted by molar-refractivity contribution is 7.91. The molecule has 4 heterocycles. The van der Waals surface area contributed by atoms with Gasteiger partial charge in [0.25, 0.3) is 0 Å². The molecule has 55 heavy (non-hydrogen) atoms. The quantitative estimate of drug-likeness (QED) is 0.0941. The molecule has 1 atom stereocenters. The van der Waals surface area contributed by atoms with Gasteiger partial charge in [-0.1, -0.05) is 64.7 Å². The minimum absolute atomic E-state index is 0.0453. The topological polar surface area (TPSA) is 92.3 Å². The monoisotopic (exact) mass is 797 g/mol. The Labute approximate surface area is 333 Å². The molecule has 0 radical (unpaired) electrons. The average Bonchev–Trinajstić information content (AvgIpc) is 3.20. The molecule has 12 heteroatoms. The Hall–Kier alpha value is -2.48. The van der Waals surface area contributed by atoms with Gasteiger partial charge in [0.15, 0.2) is 16.5 Å². The second kappa shape index (κ2) is 20.3. The van der Waals surface area contributed by atoms with Gasteiger partial charge in [-0.15, -0.1) is 0 Å². The summed E-state index contributed by atoms with van der Waals surface area (Å²) >= 11 is -1.26. The number of anilines is 1. The van der Waals surface area contributed by atoms with Gasteiger partial charge in [-0.05, 0) is 93.7 Å². The number of fused-ring (bicyclic) bond motifs is 1. The third-order valence-electron chi connectivity index (χ3n) is 12.2. The number of aromatic nitrogens is 1. The number of hydrogen-bond acceptors (Lipinski definition) is 9. The van der Waals surface area contributed by atoms with E-state index in [0.717, 1.165) is 77.4 Å². The van der Waals surface area contributed by atoms with Crippen LogP contribution in [0.4, 0.5) is 10.1 Å². The number of benzene rings is 2. The average molecular weight is 798 g/mol. The van der Waals surface area contributed by atoms with E-state index in [9.17, 15) is 13.0 Å². The van der Waals surface area contributed by atoms with Crippen LogP contribution in [0.3, 0.4) is 0 Å². The van der Waals surface area contributed by atoms with E-state index in [1.54, 1.807) is 12.3 Å². The van der Waals surface area contributed by atoms with E-state index in [4.69, 9.17) is 4.74 Å². The molecule has 0 saturated carbocycles. The summed E-state index contributed by atoms with van der Waals surface area (Å²) in [6.07, 6.45) is 19.3. The van der Waals surface area contributed by atoms with E-state index < -0.39 is 26.8 Å². The Kier molecular flexibility index (Phi) is 15.5. The summed E-state index contributed by atoms with van der Waals surface area (Å²) in [6, 6.07) is 10.5. The van der Waals surface area contributed by atoms with Crippen LogP contribution in [-0.4, -0.2) is 117 Å². The van der Waals surface area contributed by atoms with E-state index in [0.29, 0.717) is 53.3 Å². The lowest BCUT2D eigenvalue weighted by Crippen LogP contribution is -2.54. The standard InChI is InChI=1S/C43H64FN5O4S2/c1-4-5-6-7-8-9-10-11-12-13-30-53-41-17-15-37(32-39(41)44)55(51,52)42-33-45-40-16-14-36(54(3)50)31-38(40)43(42)49-24-20-34(21-25-49)47-22-18-35(19-23-47)48-28-26-46(2)27-29-48/h14-17,31-35H,4-13,18-30H2,1-3H3. The van der Waals surface area contributed by atoms with E-state index in [1.807, 2.05) is 12.1 Å². The van der Waals surface area contributed by atoms with Gasteiger partial charge in [0, 0.05) is 69.0 Å². The lowest BCUT2D eigenvalue weighted by molar-refractivity contribution is 0.0495. The fourth-order valence-electron chi connectivity index (χ4n) is 8.76. The highest BCUT2D eigenvalue weighted by Crippen LogP contribution is 2.39. The zero-order chi connectivity index (χ0) is 38.8. The zero-order valence-electron chi connectivity index (χ0n) is 33.5. The first kappa shape index (κ1) is 42.1. The molecular formula is C43H64FN5O4S2. The second-order valence-corrected chi connectivity index (χ2v) is 19.4. The molecule has 3 fully saturated rings. The van der Waals surface area contributed by atoms with Crippen molar-refractivity contribution in [1.29, 1.82) is 0 Å². The lowest BCUT2D eigenvalue weighted by Gasteiger charge is -2.46. The van der Waals surface area contributed by atoms with Gasteiger partial charge in [0.05, 0.1) is 22.7 Å². The maximum absolute atomic E-state index is 15.5. The number of ether oxygens (including phenoxy) is 1. The Morgan fingerprint density at radius 1 is 0.800 bits per heavy atom. The Morgan fingerprint density at radius 2 is 1.40 bits per heavy atom. The number of piperidine rings is 2. The number of piperazine rings is 1. The minimum Gasteiger partial charge on any atom is -0.612 e. The van der Waals surface area contributed by atoms with Crippen molar-refractivity contribution in [3.8, 4) is 5.75 Å². The molecule has 6 rings (SSSR count). The predicted octanol–water partition coefficient (Wildman–Crippen LogP) is 7.92. The molecule has 0 bridgehead atoms. The highest BCUT2D eigenvalue weighted by Gasteiger charge is 2.34. The van der Waals surface area contributed by atoms with E-state index in [1.165, 1.54) is 76.1 Å². The molecular weight excluding hydrogens is 734 g/mol. The molecule has 304 valence electrons. The molecule has 2 aromatic carbocycles. The molecule has 3 aromatic rings. The number of nitrogens with zero attached hydrogens (tertiary/aromatic N) is 5. The summed E-state index contributed by atoms with van der Waals surface area (Å²) in [5.74, 6) is -0.624. The van der Waals surface area contributed by atoms with E-state index in [-0.39, 0.29) is 15.5 Å². The van der Waals surface area contributed by atoms with Crippen molar-refractivity contribution in [2.24, 2.45) is 0 Å². The first-order valence-electron chi connectivity index (χ1n) is 21.0. The van der Waals surface area contributed by atoms with Crippen LogP contribution in [0.25, 0.3) is 10.9 Å². The van der Waals surface area contributed by atoms with Crippen molar-refractivity contribution in [3.63, 3.8) is 0 Å². The van der Waals surface area contributed by atoms with Crippen LogP contribution in [0.1, 0.15) is 96.8 Å². The van der Waals surface area contributed by atoms with Crippen molar-refractivity contribution in [2.75, 3.05) is 77.2 Å². The molecule has 3 aliphatic heterocycles. The molecule has 0 aliphatic carbocycles. The fourth-order valence-corrected chi connectivity index (χ4v) is 10.8. The van der Waals surface area contributed by atoms with Crippen LogP contribution in [0, 0.1) is 5.82 Å². The Balaban J connectivity index is 1.11. The normalized spacial score (nSPS) is 19.3. The van der Waals surface area contributed by atoms with Crippen molar-refractivity contribution in [3.05, 3.63) is 48.4 Å². The molecule has 0 amide bonds. The lowest BCUT2D eigenvalue weighted by atomic mass is 9.96. The number of unbranched alkanes of at least 4 members (excludes halogenated alkanes) is 9. The van der Waals surface area contributed by atoms with Crippen molar-refractivity contribution in [2.45, 2.75) is 124 Å². The van der Waals surface area contributed by atoms with E-state index in [2.05, 4.69) is 38.6 Å². The van der Waals surface area contributed by atoms with Gasteiger partial charge < -0.3 is 24.0 Å². The number of likely N-dealkylation sites (tertiary alicyclic amines) is 1. The van der Waals surface area contributed by atoms with Gasteiger partial charge in [-0.3, -0.25) is 9.88 Å². The Morgan fingerprint density at radius 3 is 2.02 bits per heavy atom. The van der Waals surface area contributed by atoms with Crippen molar-refractivity contribution >= 4 is 37.6 Å². The number of halogens is 1. The van der Waals surface area contributed by atoms with Crippen LogP contribution in [0.5, 0.6) is 5.75 Å². The van der Waals surface area contributed by atoms with Crippen LogP contribution >= 0.6 is 0 Å². The van der Waals surface area contributed by atoms with Crippen LogP contribution in [0.2, 0.25) is 0 Å². The summed E-state index contributed by atoms with van der Waals surface area (Å²) in [4.78, 5) is 15.0. The van der Waals surface area contributed by atoms with Crippen molar-refractivity contribution < 1.29 is 22.1 Å². The van der Waals surface area contributed by atoms with Gasteiger partial charge in [-0.25, -0.2) is 12.8 Å². The molecule has 0 spiro atoms. The third-order valence-corrected chi connectivity index (χ3v) is 14.9. The smallest absolute Gasteiger partial charge is 0.210 e. The first-order valence-corrected chi connectivity index (χ1v) is 24.0. The fraction of sp³-hybridized carbons (Fsp3) is 0.651. The predicted molar refractivity (Wildman–Crippen MR) is 222 cm³/mol. The number of sulfone groups is 1. The molecule has 0 N–H and O–H groups in total. The number of hydrogen-bond donors (Lipinski definition) is 0. The maximum Gasteiger partial charge on any atom is 0.210 e. The Bertz CT molecular complexity index is 1770. The summed E-state index contributed by atoms with van der Waals surface area (Å²) in [7, 11) is -1.97. The maximum atomic E-state index is 15.5. The third kappa shape index (κ3) is 10.9. The zero-order valence-corrected chi connectivity index (χ0v) is 35.2.